The van der Waals surface area contributed by atoms with Gasteiger partial charge in [-0.3, -0.25) is 0 Å². The van der Waals surface area contributed by atoms with Gasteiger partial charge in [0.25, 0.3) is 0 Å². The Balaban J connectivity index is 1.87. The molecule has 0 aromatic heterocycles. The Hall–Kier alpha value is -3.62. The van der Waals surface area contributed by atoms with Gasteiger partial charge < -0.3 is 0 Å². The van der Waals surface area contributed by atoms with Gasteiger partial charge in [0.1, 0.15) is 0 Å². The van der Waals surface area contributed by atoms with Gasteiger partial charge in [0.05, 0.1) is 0 Å². The minimum absolute atomic E-state index is 0.337. The Kier molecular flexibility index (Phi) is 5.62. The number of cyclic esters (lactones) is 1. The van der Waals surface area contributed by atoms with Crippen molar-refractivity contribution in [2.24, 2.45) is 0 Å². The monoisotopic (exact) mass is 456 g/mol. The molecular formula is C28H25O4P. The first-order valence-electron chi connectivity index (χ1n) is 10.8. The quantitative estimate of drug-likeness (QED) is 0.314. The first-order chi connectivity index (χ1) is 16.2. The normalized spacial score (nSPS) is 15.5. The van der Waals surface area contributed by atoms with Crippen LogP contribution in [-0.4, -0.2) is 20.2 Å². The van der Waals surface area contributed by atoms with Gasteiger partial charge >= 0.3 is 194 Å². The fourth-order valence-corrected chi connectivity index (χ4v) is 9.95. The van der Waals surface area contributed by atoms with E-state index in [1.807, 2.05) is 24.3 Å². The van der Waals surface area contributed by atoms with E-state index in [2.05, 4.69) is 72.8 Å². The molecule has 1 aliphatic heterocycles. The summed E-state index contributed by atoms with van der Waals surface area (Å²) in [5.74, 6) is 0.291. The third kappa shape index (κ3) is 3.39. The van der Waals surface area contributed by atoms with E-state index < -0.39 is 13.1 Å². The van der Waals surface area contributed by atoms with Gasteiger partial charge in [-0.25, -0.2) is 0 Å². The van der Waals surface area contributed by atoms with E-state index in [9.17, 15) is 4.79 Å². The Morgan fingerprint density at radius 3 is 1.52 bits per heavy atom. The summed E-state index contributed by atoms with van der Waals surface area (Å²) in [7, 11) is 0.286. The van der Waals surface area contributed by atoms with E-state index in [1.54, 1.807) is 20.3 Å². The number of benzene rings is 4. The molecule has 1 atom stereocenters. The third-order valence-electron chi connectivity index (χ3n) is 6.36. The summed E-state index contributed by atoms with van der Waals surface area (Å²) >= 11 is 0. The molecule has 0 spiro atoms. The van der Waals surface area contributed by atoms with Gasteiger partial charge in [0.15, 0.2) is 0 Å². The zero-order valence-electron chi connectivity index (χ0n) is 18.5. The number of esters is 1. The molecule has 1 heterocycles. The molecule has 0 bridgehead atoms. The minimum atomic E-state index is -2.89. The standard InChI is InChI=1S/C28H25O4P/c1-30-25-18-23-24(19-26(25)31-2)28(32-27(23)29)33(20-12-6-3-7-13-20,21-14-8-4-9-15-21)22-16-10-5-11-17-22/h3-19,28,33H,1-2H3. The van der Waals surface area contributed by atoms with Crippen molar-refractivity contribution in [1.29, 1.82) is 0 Å². The second-order valence-electron chi connectivity index (χ2n) is 7.99. The fourth-order valence-electron chi connectivity index (χ4n) is 4.90. The summed E-state index contributed by atoms with van der Waals surface area (Å²) in [4.78, 5) is 13.2. The summed E-state index contributed by atoms with van der Waals surface area (Å²) in [5, 5.41) is 3.51. The zero-order valence-corrected chi connectivity index (χ0v) is 19.5. The Morgan fingerprint density at radius 1 is 0.667 bits per heavy atom. The number of carbonyl (C=O) groups excluding carboxylic acids is 1. The number of hydrogen-bond acceptors (Lipinski definition) is 4. The van der Waals surface area contributed by atoms with Crippen LogP contribution in [0.5, 0.6) is 11.5 Å². The molecule has 5 heteroatoms. The van der Waals surface area contributed by atoms with Gasteiger partial charge in [-0.2, -0.15) is 0 Å². The molecule has 4 aromatic rings. The summed E-state index contributed by atoms with van der Waals surface area (Å²) in [6.45, 7) is 0. The summed E-state index contributed by atoms with van der Waals surface area (Å²) in [6.07, 6.45) is 0. The molecular weight excluding hydrogens is 431 g/mol. The van der Waals surface area contributed by atoms with Crippen molar-refractivity contribution in [3.05, 3.63) is 114 Å². The predicted molar refractivity (Wildman–Crippen MR) is 134 cm³/mol. The maximum absolute atomic E-state index is 13.2. The molecule has 5 rings (SSSR count). The molecule has 0 saturated carbocycles. The van der Waals surface area contributed by atoms with Crippen LogP contribution in [0.2, 0.25) is 0 Å². The Bertz CT molecular complexity index is 1180. The maximum atomic E-state index is 13.2. The predicted octanol–water partition coefficient (Wildman–Crippen LogP) is 4.60. The molecule has 0 N–H and O–H groups in total. The number of fused-ring (bicyclic) bond motifs is 1. The SMILES string of the molecule is COc1cc2c(cc1OC)C([PH](c1ccccc1)(c1ccccc1)c1ccccc1)OC2=O. The Morgan fingerprint density at radius 2 is 1.09 bits per heavy atom. The summed E-state index contributed by atoms with van der Waals surface area (Å²) in [6, 6.07) is 34.9. The second-order valence-corrected chi connectivity index (χ2v) is 11.9. The average Bonchev–Trinajstić information content (AvgIpc) is 3.21. The van der Waals surface area contributed by atoms with Crippen molar-refractivity contribution in [3.63, 3.8) is 0 Å². The van der Waals surface area contributed by atoms with Crippen LogP contribution in [0.15, 0.2) is 103 Å². The van der Waals surface area contributed by atoms with Crippen LogP contribution in [-0.2, 0) is 4.74 Å². The van der Waals surface area contributed by atoms with E-state index in [4.69, 9.17) is 14.2 Å². The van der Waals surface area contributed by atoms with E-state index in [0.29, 0.717) is 17.1 Å². The van der Waals surface area contributed by atoms with Crippen LogP contribution >= 0.6 is 7.26 Å². The van der Waals surface area contributed by atoms with E-state index in [0.717, 1.165) is 5.56 Å². The van der Waals surface area contributed by atoms with Crippen molar-refractivity contribution < 1.29 is 19.0 Å². The van der Waals surface area contributed by atoms with Crippen LogP contribution < -0.4 is 25.4 Å². The van der Waals surface area contributed by atoms with Gasteiger partial charge in [0.2, 0.25) is 0 Å². The number of carbonyl (C=O) groups is 1. The van der Waals surface area contributed by atoms with Crippen molar-refractivity contribution in [3.8, 4) is 11.5 Å². The van der Waals surface area contributed by atoms with Crippen LogP contribution in [0.4, 0.5) is 0 Å². The Labute approximate surface area is 194 Å². The van der Waals surface area contributed by atoms with Gasteiger partial charge in [-0.05, 0) is 0 Å². The molecule has 0 aliphatic carbocycles. The van der Waals surface area contributed by atoms with Crippen molar-refractivity contribution in [1.82, 2.24) is 0 Å². The molecule has 0 radical (unpaired) electrons. The van der Waals surface area contributed by atoms with Crippen LogP contribution in [0, 0.1) is 0 Å². The van der Waals surface area contributed by atoms with E-state index >= 15 is 0 Å². The third-order valence-corrected chi connectivity index (χ3v) is 11.3. The number of methoxy groups -OCH3 is 2. The molecule has 0 amide bonds. The van der Waals surface area contributed by atoms with E-state index in [-0.39, 0.29) is 5.97 Å². The number of hydrogen-bond donors (Lipinski definition) is 0. The molecule has 0 fully saturated rings. The van der Waals surface area contributed by atoms with Crippen molar-refractivity contribution >= 4 is 29.1 Å². The molecule has 1 unspecified atom stereocenters. The van der Waals surface area contributed by atoms with Gasteiger partial charge in [-0.1, -0.05) is 0 Å². The molecule has 4 aromatic carbocycles. The second kappa shape index (κ2) is 8.73. The molecule has 1 aliphatic rings. The van der Waals surface area contributed by atoms with Crippen molar-refractivity contribution in [2.75, 3.05) is 14.2 Å². The topological polar surface area (TPSA) is 44.8 Å². The van der Waals surface area contributed by atoms with Crippen LogP contribution in [0.3, 0.4) is 0 Å². The van der Waals surface area contributed by atoms with E-state index in [1.165, 1.54) is 15.9 Å². The van der Waals surface area contributed by atoms with Crippen molar-refractivity contribution in [2.45, 2.75) is 5.85 Å². The molecule has 166 valence electrons. The summed E-state index contributed by atoms with van der Waals surface area (Å²) < 4.78 is 17.3. The van der Waals surface area contributed by atoms with Crippen LogP contribution in [0.1, 0.15) is 21.8 Å². The van der Waals surface area contributed by atoms with Gasteiger partial charge in [-0.15, -0.1) is 0 Å². The summed E-state index contributed by atoms with van der Waals surface area (Å²) in [5.41, 5.74) is 1.36. The average molecular weight is 456 g/mol. The molecule has 0 saturated heterocycles. The number of rotatable bonds is 6. The number of ether oxygens (including phenoxy) is 3. The molecule has 4 nitrogen and oxygen atoms in total. The van der Waals surface area contributed by atoms with Crippen LogP contribution in [0.25, 0.3) is 0 Å². The fraction of sp³-hybridized carbons (Fsp3) is 0.107. The van der Waals surface area contributed by atoms with Gasteiger partial charge in [0, 0.05) is 0 Å². The first-order valence-corrected chi connectivity index (χ1v) is 12.9. The molecule has 33 heavy (non-hydrogen) atoms. The zero-order chi connectivity index (χ0) is 22.8. The first kappa shape index (κ1) is 21.2.